The number of nitrogens with one attached hydrogen (secondary N) is 3. The van der Waals surface area contributed by atoms with Crippen LogP contribution in [0.1, 0.15) is 0 Å². The van der Waals surface area contributed by atoms with E-state index < -0.39 is 6.03 Å². The van der Waals surface area contributed by atoms with Gasteiger partial charge >= 0.3 is 6.03 Å². The molecule has 0 radical (unpaired) electrons. The zero-order valence-corrected chi connectivity index (χ0v) is 12.9. The second-order valence-corrected chi connectivity index (χ2v) is 4.83. The second kappa shape index (κ2) is 6.75. The fourth-order valence-electron chi connectivity index (χ4n) is 1.38. The first-order valence-electron chi connectivity index (χ1n) is 5.61. The van der Waals surface area contributed by atoms with Crippen molar-refractivity contribution in [1.29, 1.82) is 0 Å². The Bertz CT molecular complexity index is 661. The molecule has 1 aromatic heterocycles. The number of aromatic nitrogens is 3. The fraction of sp³-hybridized carbons (Fsp3) is 0.0909. The van der Waals surface area contributed by atoms with Gasteiger partial charge in [0.1, 0.15) is 0 Å². The molecule has 2 rings (SSSR count). The van der Waals surface area contributed by atoms with E-state index in [4.69, 9.17) is 34.8 Å². The van der Waals surface area contributed by atoms with Gasteiger partial charge in [0.15, 0.2) is 0 Å². The zero-order valence-electron chi connectivity index (χ0n) is 10.6. The van der Waals surface area contributed by atoms with Crippen LogP contribution in [-0.2, 0) is 0 Å². The first kappa shape index (κ1) is 15.6. The van der Waals surface area contributed by atoms with Gasteiger partial charge in [-0.2, -0.15) is 15.0 Å². The number of urea groups is 1. The SMILES string of the molecule is CNc1nc(Cl)nc(NC(=O)Nc2c(Cl)cccc2Cl)n1. The maximum Gasteiger partial charge on any atom is 0.326 e. The molecule has 110 valence electrons. The van der Waals surface area contributed by atoms with Gasteiger partial charge in [-0.25, -0.2) is 4.79 Å². The molecule has 1 aromatic carbocycles. The van der Waals surface area contributed by atoms with E-state index in [0.717, 1.165) is 0 Å². The molecule has 0 saturated carbocycles. The van der Waals surface area contributed by atoms with Crippen LogP contribution in [0, 0.1) is 0 Å². The van der Waals surface area contributed by atoms with Gasteiger partial charge < -0.3 is 10.6 Å². The minimum absolute atomic E-state index is 0.0139. The lowest BCUT2D eigenvalue weighted by atomic mass is 10.3. The minimum atomic E-state index is -0.616. The first-order chi connectivity index (χ1) is 9.99. The fourth-order valence-corrected chi connectivity index (χ4v) is 2.03. The van der Waals surface area contributed by atoms with Crippen LogP contribution in [0.25, 0.3) is 0 Å². The molecule has 10 heteroatoms. The molecule has 0 aliphatic carbocycles. The second-order valence-electron chi connectivity index (χ2n) is 3.68. The van der Waals surface area contributed by atoms with Crippen LogP contribution in [0.4, 0.5) is 22.4 Å². The Morgan fingerprint density at radius 1 is 1.00 bits per heavy atom. The van der Waals surface area contributed by atoms with E-state index in [9.17, 15) is 4.79 Å². The van der Waals surface area contributed by atoms with Crippen molar-refractivity contribution in [2.45, 2.75) is 0 Å². The molecule has 0 bridgehead atoms. The van der Waals surface area contributed by atoms with Crippen LogP contribution in [-0.4, -0.2) is 28.0 Å². The molecule has 0 atom stereocenters. The van der Waals surface area contributed by atoms with Crippen molar-refractivity contribution in [3.05, 3.63) is 33.5 Å². The Morgan fingerprint density at radius 2 is 1.62 bits per heavy atom. The van der Waals surface area contributed by atoms with Gasteiger partial charge in [-0.15, -0.1) is 0 Å². The molecule has 3 N–H and O–H groups in total. The van der Waals surface area contributed by atoms with Gasteiger partial charge in [0.2, 0.25) is 17.2 Å². The highest BCUT2D eigenvalue weighted by Crippen LogP contribution is 2.29. The number of carbonyl (C=O) groups excluding carboxylic acids is 1. The number of rotatable bonds is 3. The lowest BCUT2D eigenvalue weighted by molar-refractivity contribution is 0.262. The van der Waals surface area contributed by atoms with Crippen LogP contribution < -0.4 is 16.0 Å². The third-order valence-electron chi connectivity index (χ3n) is 2.26. The zero-order chi connectivity index (χ0) is 15.4. The van der Waals surface area contributed by atoms with Crippen LogP contribution in [0.15, 0.2) is 18.2 Å². The topological polar surface area (TPSA) is 91.8 Å². The molecular formula is C11H9Cl3N6O. The molecule has 2 amide bonds. The molecule has 0 aliphatic rings. The normalized spacial score (nSPS) is 10.1. The predicted molar refractivity (Wildman–Crippen MR) is 83.5 cm³/mol. The maximum atomic E-state index is 11.9. The molecular weight excluding hydrogens is 339 g/mol. The third-order valence-corrected chi connectivity index (χ3v) is 3.06. The van der Waals surface area contributed by atoms with Gasteiger partial charge in [-0.3, -0.25) is 5.32 Å². The summed E-state index contributed by atoms with van der Waals surface area (Å²) >= 11 is 17.6. The highest BCUT2D eigenvalue weighted by molar-refractivity contribution is 6.39. The summed E-state index contributed by atoms with van der Waals surface area (Å²) in [4.78, 5) is 23.4. The maximum absolute atomic E-state index is 11.9. The van der Waals surface area contributed by atoms with Gasteiger partial charge in [0, 0.05) is 7.05 Å². The smallest absolute Gasteiger partial charge is 0.326 e. The minimum Gasteiger partial charge on any atom is -0.357 e. The number of nitrogens with zero attached hydrogens (tertiary/aromatic N) is 3. The molecule has 1 heterocycles. The van der Waals surface area contributed by atoms with Crippen molar-refractivity contribution in [3.63, 3.8) is 0 Å². The van der Waals surface area contributed by atoms with E-state index in [1.54, 1.807) is 25.2 Å². The summed E-state index contributed by atoms with van der Waals surface area (Å²) in [5.74, 6) is 0.209. The first-order valence-corrected chi connectivity index (χ1v) is 6.74. The van der Waals surface area contributed by atoms with Gasteiger partial charge in [0.05, 0.1) is 15.7 Å². The standard InChI is InChI=1S/C11H9Cl3N6O/c1-15-9-17-8(14)18-10(19-9)20-11(21)16-7-5(12)3-2-4-6(7)13/h2-4H,1H3,(H3,15,16,17,18,19,20,21). The lowest BCUT2D eigenvalue weighted by Crippen LogP contribution is -2.21. The van der Waals surface area contributed by atoms with Crippen molar-refractivity contribution in [3.8, 4) is 0 Å². The molecule has 0 unspecified atom stereocenters. The van der Waals surface area contributed by atoms with E-state index >= 15 is 0 Å². The quantitative estimate of drug-likeness (QED) is 0.790. The summed E-state index contributed by atoms with van der Waals surface area (Å²) < 4.78 is 0. The lowest BCUT2D eigenvalue weighted by Gasteiger charge is -2.10. The Balaban J connectivity index is 2.14. The van der Waals surface area contributed by atoms with E-state index in [0.29, 0.717) is 10.0 Å². The van der Waals surface area contributed by atoms with Crippen LogP contribution in [0.5, 0.6) is 0 Å². The molecule has 2 aromatic rings. The van der Waals surface area contributed by atoms with Gasteiger partial charge in [0.25, 0.3) is 0 Å². The largest absolute Gasteiger partial charge is 0.357 e. The van der Waals surface area contributed by atoms with E-state index in [2.05, 4.69) is 30.9 Å². The molecule has 0 saturated heterocycles. The van der Waals surface area contributed by atoms with E-state index in [-0.39, 0.29) is 22.9 Å². The monoisotopic (exact) mass is 346 g/mol. The highest BCUT2D eigenvalue weighted by atomic mass is 35.5. The van der Waals surface area contributed by atoms with Crippen molar-refractivity contribution in [1.82, 2.24) is 15.0 Å². The third kappa shape index (κ3) is 4.07. The van der Waals surface area contributed by atoms with Crippen molar-refractivity contribution >= 4 is 58.4 Å². The van der Waals surface area contributed by atoms with Crippen LogP contribution >= 0.6 is 34.8 Å². The Morgan fingerprint density at radius 3 is 2.24 bits per heavy atom. The van der Waals surface area contributed by atoms with Gasteiger partial charge in [-0.1, -0.05) is 29.3 Å². The Hall–Kier alpha value is -1.83. The number of hydrogen-bond donors (Lipinski definition) is 3. The number of benzene rings is 1. The van der Waals surface area contributed by atoms with E-state index in [1.165, 1.54) is 0 Å². The summed E-state index contributed by atoms with van der Waals surface area (Å²) in [6.45, 7) is 0. The number of carbonyl (C=O) groups is 1. The number of anilines is 3. The highest BCUT2D eigenvalue weighted by Gasteiger charge is 2.12. The summed E-state index contributed by atoms with van der Waals surface area (Å²) in [5, 5.41) is 8.16. The van der Waals surface area contributed by atoms with Crippen LogP contribution in [0.3, 0.4) is 0 Å². The summed E-state index contributed by atoms with van der Waals surface area (Å²) in [5.41, 5.74) is 0.285. The Kier molecular flexibility index (Phi) is 5.00. The predicted octanol–water partition coefficient (Wildman–Crippen LogP) is 3.52. The van der Waals surface area contributed by atoms with Crippen molar-refractivity contribution < 1.29 is 4.79 Å². The number of para-hydroxylation sites is 1. The summed E-state index contributed by atoms with van der Waals surface area (Å²) in [6, 6.07) is 4.25. The molecule has 7 nitrogen and oxygen atoms in total. The Labute approximate surface area is 135 Å². The number of amides is 2. The van der Waals surface area contributed by atoms with Crippen molar-refractivity contribution in [2.24, 2.45) is 0 Å². The number of halogens is 3. The summed E-state index contributed by atoms with van der Waals surface area (Å²) in [7, 11) is 1.61. The van der Waals surface area contributed by atoms with Crippen LogP contribution in [0.2, 0.25) is 15.3 Å². The molecule has 0 fully saturated rings. The van der Waals surface area contributed by atoms with Gasteiger partial charge in [-0.05, 0) is 23.7 Å². The molecule has 0 aliphatic heterocycles. The van der Waals surface area contributed by atoms with E-state index in [1.807, 2.05) is 0 Å². The molecule has 0 spiro atoms. The number of hydrogen-bond acceptors (Lipinski definition) is 5. The summed E-state index contributed by atoms with van der Waals surface area (Å²) in [6.07, 6.45) is 0. The average molecular weight is 348 g/mol. The average Bonchev–Trinajstić information content (AvgIpc) is 2.42. The molecule has 21 heavy (non-hydrogen) atoms. The van der Waals surface area contributed by atoms with Crippen molar-refractivity contribution in [2.75, 3.05) is 23.0 Å².